The average Bonchev–Trinajstić information content (AvgIpc) is 2.70. The second-order valence-corrected chi connectivity index (χ2v) is 4.93. The van der Waals surface area contributed by atoms with Crippen molar-refractivity contribution in [2.75, 3.05) is 0 Å². The molecule has 0 fully saturated rings. The van der Waals surface area contributed by atoms with Crippen LogP contribution in [0, 0.1) is 0 Å². The molecule has 2 aromatic rings. The van der Waals surface area contributed by atoms with Gasteiger partial charge in [-0.15, -0.1) is 0 Å². The van der Waals surface area contributed by atoms with Crippen LogP contribution in [0.15, 0.2) is 36.0 Å². The Balaban J connectivity index is 2.29. The zero-order valence-electron chi connectivity index (χ0n) is 11.0. The minimum Gasteiger partial charge on any atom is -0.361 e. The van der Waals surface area contributed by atoms with Gasteiger partial charge in [-0.2, -0.15) is 0 Å². The van der Waals surface area contributed by atoms with E-state index in [1.165, 1.54) is 34.0 Å². The molecule has 0 aliphatic heterocycles. The van der Waals surface area contributed by atoms with Crippen molar-refractivity contribution >= 4 is 10.9 Å². The lowest BCUT2D eigenvalue weighted by Crippen LogP contribution is -1.83. The molecule has 0 amide bonds. The van der Waals surface area contributed by atoms with Gasteiger partial charge in [-0.3, -0.25) is 0 Å². The number of hydrogen-bond acceptors (Lipinski definition) is 0. The van der Waals surface area contributed by atoms with E-state index in [1.807, 2.05) is 0 Å². The number of rotatable bonds is 4. The first kappa shape index (κ1) is 12.0. The number of aromatic amines is 1. The van der Waals surface area contributed by atoms with Crippen molar-refractivity contribution in [1.82, 2.24) is 4.98 Å². The van der Waals surface area contributed by atoms with Crippen LogP contribution in [-0.2, 0) is 12.8 Å². The van der Waals surface area contributed by atoms with E-state index in [4.69, 9.17) is 0 Å². The highest BCUT2D eigenvalue weighted by Crippen LogP contribution is 2.21. The molecular weight excluding hydrogens is 206 g/mol. The van der Waals surface area contributed by atoms with Crippen LogP contribution in [0.2, 0.25) is 0 Å². The molecule has 0 saturated carbocycles. The fraction of sp³-hybridized carbons (Fsp3) is 0.375. The molecule has 0 saturated heterocycles. The zero-order valence-corrected chi connectivity index (χ0v) is 11.0. The Morgan fingerprint density at radius 1 is 1.29 bits per heavy atom. The lowest BCUT2D eigenvalue weighted by atomic mass is 10.0. The molecule has 0 spiro atoms. The van der Waals surface area contributed by atoms with Gasteiger partial charge in [0.1, 0.15) is 0 Å². The van der Waals surface area contributed by atoms with E-state index in [-0.39, 0.29) is 0 Å². The normalized spacial score (nSPS) is 10.8. The Bertz CT molecular complexity index is 527. The minimum atomic E-state index is 1.03. The molecule has 0 bridgehead atoms. The highest BCUT2D eigenvalue weighted by Gasteiger charge is 2.03. The maximum Gasteiger partial charge on any atom is 0.0459 e. The Labute approximate surface area is 104 Å². The van der Waals surface area contributed by atoms with Gasteiger partial charge >= 0.3 is 0 Å². The Kier molecular flexibility index (Phi) is 3.68. The minimum absolute atomic E-state index is 1.03. The highest BCUT2D eigenvalue weighted by atomic mass is 14.7. The SMILES string of the molecule is CCCc1c[nH]c2cc(CC=C(C)C)ccc12. The summed E-state index contributed by atoms with van der Waals surface area (Å²) in [4.78, 5) is 3.38. The van der Waals surface area contributed by atoms with Crippen LogP contribution in [0.3, 0.4) is 0 Å². The summed E-state index contributed by atoms with van der Waals surface area (Å²) in [5.74, 6) is 0. The van der Waals surface area contributed by atoms with Crippen molar-refractivity contribution in [2.24, 2.45) is 0 Å². The summed E-state index contributed by atoms with van der Waals surface area (Å²) < 4.78 is 0. The fourth-order valence-corrected chi connectivity index (χ4v) is 2.16. The number of allylic oxidation sites excluding steroid dienone is 2. The van der Waals surface area contributed by atoms with Gasteiger partial charge in [-0.1, -0.05) is 37.1 Å². The molecule has 0 unspecified atom stereocenters. The van der Waals surface area contributed by atoms with Crippen LogP contribution >= 0.6 is 0 Å². The molecule has 2 rings (SSSR count). The summed E-state index contributed by atoms with van der Waals surface area (Å²) in [6.07, 6.45) is 7.82. The molecule has 0 radical (unpaired) electrons. The van der Waals surface area contributed by atoms with Gasteiger partial charge in [0.25, 0.3) is 0 Å². The Hall–Kier alpha value is -1.50. The fourth-order valence-electron chi connectivity index (χ4n) is 2.16. The van der Waals surface area contributed by atoms with E-state index in [2.05, 4.69) is 56.2 Å². The van der Waals surface area contributed by atoms with Gasteiger partial charge in [-0.05, 0) is 43.9 Å². The number of benzene rings is 1. The lowest BCUT2D eigenvalue weighted by molar-refractivity contribution is 0.929. The summed E-state index contributed by atoms with van der Waals surface area (Å²) in [6.45, 7) is 6.51. The maximum atomic E-state index is 3.38. The van der Waals surface area contributed by atoms with E-state index < -0.39 is 0 Å². The van der Waals surface area contributed by atoms with Gasteiger partial charge in [0, 0.05) is 17.1 Å². The second kappa shape index (κ2) is 5.22. The van der Waals surface area contributed by atoms with E-state index >= 15 is 0 Å². The lowest BCUT2D eigenvalue weighted by Gasteiger charge is -2.00. The third-order valence-electron chi connectivity index (χ3n) is 3.10. The largest absolute Gasteiger partial charge is 0.361 e. The van der Waals surface area contributed by atoms with Gasteiger partial charge in [0.2, 0.25) is 0 Å². The third-order valence-corrected chi connectivity index (χ3v) is 3.10. The standard InChI is InChI=1S/C16H21N/c1-4-5-14-11-17-16-10-13(7-6-12(2)3)8-9-15(14)16/h6,8-11,17H,4-5,7H2,1-3H3. The van der Waals surface area contributed by atoms with Crippen LogP contribution in [0.1, 0.15) is 38.3 Å². The summed E-state index contributed by atoms with van der Waals surface area (Å²) in [6, 6.07) is 6.77. The van der Waals surface area contributed by atoms with Crippen LogP contribution in [0.4, 0.5) is 0 Å². The number of aryl methyl sites for hydroxylation is 1. The first-order chi connectivity index (χ1) is 8.20. The number of nitrogens with one attached hydrogen (secondary N) is 1. The maximum absolute atomic E-state index is 3.38. The van der Waals surface area contributed by atoms with Crippen LogP contribution in [0.25, 0.3) is 10.9 Å². The molecule has 1 aromatic carbocycles. The first-order valence-corrected chi connectivity index (χ1v) is 6.43. The molecular formula is C16H21N. The van der Waals surface area contributed by atoms with E-state index in [0.29, 0.717) is 0 Å². The van der Waals surface area contributed by atoms with Gasteiger partial charge < -0.3 is 4.98 Å². The molecule has 17 heavy (non-hydrogen) atoms. The topological polar surface area (TPSA) is 15.8 Å². The molecule has 0 atom stereocenters. The zero-order chi connectivity index (χ0) is 12.3. The summed E-state index contributed by atoms with van der Waals surface area (Å²) in [5, 5.41) is 1.38. The molecule has 1 N–H and O–H groups in total. The van der Waals surface area contributed by atoms with Gasteiger partial charge in [-0.25, -0.2) is 0 Å². The summed E-state index contributed by atoms with van der Waals surface area (Å²) in [7, 11) is 0. The predicted molar refractivity (Wildman–Crippen MR) is 75.4 cm³/mol. The van der Waals surface area contributed by atoms with Crippen LogP contribution < -0.4 is 0 Å². The molecule has 0 aliphatic carbocycles. The second-order valence-electron chi connectivity index (χ2n) is 4.93. The molecule has 1 aromatic heterocycles. The van der Waals surface area contributed by atoms with Crippen molar-refractivity contribution in [3.05, 3.63) is 47.2 Å². The molecule has 0 aliphatic rings. The average molecular weight is 227 g/mol. The van der Waals surface area contributed by atoms with Crippen LogP contribution in [-0.4, -0.2) is 4.98 Å². The predicted octanol–water partition coefficient (Wildman–Crippen LogP) is 4.63. The number of hydrogen-bond donors (Lipinski definition) is 1. The van der Waals surface area contributed by atoms with E-state index in [0.717, 1.165) is 12.8 Å². The number of H-pyrrole nitrogens is 1. The van der Waals surface area contributed by atoms with Crippen molar-refractivity contribution in [3.8, 4) is 0 Å². The van der Waals surface area contributed by atoms with E-state index in [9.17, 15) is 0 Å². The number of fused-ring (bicyclic) bond motifs is 1. The van der Waals surface area contributed by atoms with Crippen molar-refractivity contribution in [3.63, 3.8) is 0 Å². The summed E-state index contributed by atoms with van der Waals surface area (Å²) >= 11 is 0. The highest BCUT2D eigenvalue weighted by molar-refractivity contribution is 5.83. The quantitative estimate of drug-likeness (QED) is 0.733. The van der Waals surface area contributed by atoms with Gasteiger partial charge in [0.15, 0.2) is 0 Å². The van der Waals surface area contributed by atoms with Crippen molar-refractivity contribution in [1.29, 1.82) is 0 Å². The molecule has 1 heterocycles. The molecule has 90 valence electrons. The monoisotopic (exact) mass is 227 g/mol. The van der Waals surface area contributed by atoms with Crippen molar-refractivity contribution < 1.29 is 0 Å². The van der Waals surface area contributed by atoms with E-state index in [1.54, 1.807) is 0 Å². The number of aromatic nitrogens is 1. The molecule has 1 nitrogen and oxygen atoms in total. The molecule has 1 heteroatoms. The third kappa shape index (κ3) is 2.79. The van der Waals surface area contributed by atoms with Gasteiger partial charge in [0.05, 0.1) is 0 Å². The first-order valence-electron chi connectivity index (χ1n) is 6.43. The van der Waals surface area contributed by atoms with Crippen molar-refractivity contribution in [2.45, 2.75) is 40.0 Å². The Morgan fingerprint density at radius 2 is 2.12 bits per heavy atom. The van der Waals surface area contributed by atoms with Crippen LogP contribution in [0.5, 0.6) is 0 Å². The Morgan fingerprint density at radius 3 is 2.82 bits per heavy atom. The summed E-state index contributed by atoms with van der Waals surface area (Å²) in [5.41, 5.74) is 5.47. The smallest absolute Gasteiger partial charge is 0.0459 e.